The molecule has 1 rings (SSSR count). The van der Waals surface area contributed by atoms with Crippen molar-refractivity contribution in [1.82, 2.24) is 0 Å². The SMILES string of the molecule is CCOP(=O)(CC1=C[C@@H](O)CO1)OCC. The molecule has 0 fully saturated rings. The van der Waals surface area contributed by atoms with E-state index in [9.17, 15) is 9.67 Å². The topological polar surface area (TPSA) is 65.0 Å². The van der Waals surface area contributed by atoms with E-state index in [1.165, 1.54) is 6.08 Å². The highest BCUT2D eigenvalue weighted by molar-refractivity contribution is 7.54. The van der Waals surface area contributed by atoms with Crippen LogP contribution < -0.4 is 0 Å². The predicted molar refractivity (Wildman–Crippen MR) is 55.8 cm³/mol. The van der Waals surface area contributed by atoms with Gasteiger partial charge in [0.1, 0.15) is 24.6 Å². The molecule has 1 atom stereocenters. The molecule has 0 aliphatic carbocycles. The highest BCUT2D eigenvalue weighted by atomic mass is 31.2. The molecule has 0 saturated heterocycles. The second-order valence-electron chi connectivity index (χ2n) is 3.12. The van der Waals surface area contributed by atoms with Gasteiger partial charge in [0.05, 0.1) is 13.2 Å². The van der Waals surface area contributed by atoms with Crippen molar-refractivity contribution in [2.75, 3.05) is 26.0 Å². The van der Waals surface area contributed by atoms with Crippen LogP contribution in [0.2, 0.25) is 0 Å². The van der Waals surface area contributed by atoms with E-state index in [2.05, 4.69) is 0 Å². The van der Waals surface area contributed by atoms with E-state index in [-0.39, 0.29) is 12.8 Å². The van der Waals surface area contributed by atoms with Crippen molar-refractivity contribution in [3.05, 3.63) is 11.8 Å². The summed E-state index contributed by atoms with van der Waals surface area (Å²) in [5, 5.41) is 9.18. The Kier molecular flexibility index (Phi) is 4.80. The van der Waals surface area contributed by atoms with E-state index < -0.39 is 13.7 Å². The summed E-state index contributed by atoms with van der Waals surface area (Å²) >= 11 is 0. The van der Waals surface area contributed by atoms with E-state index in [0.29, 0.717) is 19.0 Å². The van der Waals surface area contributed by atoms with E-state index in [4.69, 9.17) is 13.8 Å². The van der Waals surface area contributed by atoms with Crippen LogP contribution in [0.4, 0.5) is 0 Å². The molecule has 88 valence electrons. The van der Waals surface area contributed by atoms with Gasteiger partial charge in [-0.25, -0.2) is 0 Å². The van der Waals surface area contributed by atoms with Crippen molar-refractivity contribution in [2.45, 2.75) is 20.0 Å². The first-order chi connectivity index (χ1) is 7.09. The maximum Gasteiger partial charge on any atom is 0.338 e. The lowest BCUT2D eigenvalue weighted by atomic mass is 10.4. The van der Waals surface area contributed by atoms with Crippen LogP contribution in [0.5, 0.6) is 0 Å². The van der Waals surface area contributed by atoms with Gasteiger partial charge in [0, 0.05) is 0 Å². The normalized spacial score (nSPS) is 21.3. The maximum atomic E-state index is 12.0. The zero-order valence-corrected chi connectivity index (χ0v) is 9.90. The molecular formula is C9H17O5P. The summed E-state index contributed by atoms with van der Waals surface area (Å²) in [5.74, 6) is 0.479. The maximum absolute atomic E-state index is 12.0. The molecule has 0 unspecified atom stereocenters. The van der Waals surface area contributed by atoms with Crippen LogP contribution in [-0.2, 0) is 18.3 Å². The fourth-order valence-corrected chi connectivity index (χ4v) is 2.94. The Hall–Kier alpha value is -0.350. The van der Waals surface area contributed by atoms with Gasteiger partial charge in [0.2, 0.25) is 0 Å². The summed E-state index contributed by atoms with van der Waals surface area (Å²) in [6.45, 7) is 4.38. The molecule has 0 radical (unpaired) electrons. The molecule has 1 aliphatic rings. The fourth-order valence-electron chi connectivity index (χ4n) is 1.31. The molecular weight excluding hydrogens is 219 g/mol. The molecule has 0 aromatic rings. The van der Waals surface area contributed by atoms with Gasteiger partial charge in [-0.15, -0.1) is 0 Å². The average Bonchev–Trinajstić information content (AvgIpc) is 2.51. The highest BCUT2D eigenvalue weighted by Crippen LogP contribution is 2.50. The Bertz CT molecular complexity index is 266. The average molecular weight is 236 g/mol. The monoisotopic (exact) mass is 236 g/mol. The van der Waals surface area contributed by atoms with Crippen molar-refractivity contribution in [3.63, 3.8) is 0 Å². The molecule has 0 bridgehead atoms. The molecule has 15 heavy (non-hydrogen) atoms. The van der Waals surface area contributed by atoms with Crippen molar-refractivity contribution in [3.8, 4) is 0 Å². The molecule has 6 heteroatoms. The zero-order valence-electron chi connectivity index (χ0n) is 9.01. The standard InChI is InChI=1S/C9H17O5P/c1-3-13-15(11,14-4-2)7-9-5-8(10)6-12-9/h5,8,10H,3-4,6-7H2,1-2H3/t8-/m1/s1. The third-order valence-electron chi connectivity index (χ3n) is 1.82. The number of rotatable bonds is 6. The zero-order chi connectivity index (χ0) is 11.3. The Balaban J connectivity index is 2.58. The third kappa shape index (κ3) is 3.95. The van der Waals surface area contributed by atoms with E-state index in [1.807, 2.05) is 0 Å². The minimum absolute atomic E-state index is 0.0890. The number of ether oxygens (including phenoxy) is 1. The van der Waals surface area contributed by atoms with Crippen LogP contribution in [0.3, 0.4) is 0 Å². The lowest BCUT2D eigenvalue weighted by Gasteiger charge is -2.16. The first-order valence-electron chi connectivity index (χ1n) is 4.99. The minimum atomic E-state index is -3.10. The van der Waals surface area contributed by atoms with Gasteiger partial charge in [-0.05, 0) is 19.9 Å². The van der Waals surface area contributed by atoms with Gasteiger partial charge >= 0.3 is 7.60 Å². The first kappa shape index (κ1) is 12.7. The lowest BCUT2D eigenvalue weighted by Crippen LogP contribution is -2.03. The Labute approximate surface area is 89.6 Å². The number of hydrogen-bond acceptors (Lipinski definition) is 5. The lowest BCUT2D eigenvalue weighted by molar-refractivity contribution is 0.134. The van der Waals surface area contributed by atoms with Crippen LogP contribution >= 0.6 is 7.60 Å². The molecule has 1 aliphatic heterocycles. The van der Waals surface area contributed by atoms with Gasteiger partial charge in [0.25, 0.3) is 0 Å². The molecule has 0 saturated carbocycles. The van der Waals surface area contributed by atoms with Crippen LogP contribution in [0, 0.1) is 0 Å². The Morgan fingerprint density at radius 2 is 2.13 bits per heavy atom. The number of allylic oxidation sites excluding steroid dienone is 1. The second kappa shape index (κ2) is 5.66. The Morgan fingerprint density at radius 1 is 1.53 bits per heavy atom. The number of hydrogen-bond donors (Lipinski definition) is 1. The third-order valence-corrected chi connectivity index (χ3v) is 3.82. The van der Waals surface area contributed by atoms with Crippen LogP contribution in [-0.4, -0.2) is 37.2 Å². The predicted octanol–water partition coefficient (Wildman–Crippen LogP) is 1.53. The minimum Gasteiger partial charge on any atom is -0.494 e. The quantitative estimate of drug-likeness (QED) is 0.708. The van der Waals surface area contributed by atoms with E-state index in [1.54, 1.807) is 13.8 Å². The summed E-state index contributed by atoms with van der Waals surface area (Å²) in [5.41, 5.74) is 0. The Morgan fingerprint density at radius 3 is 2.53 bits per heavy atom. The molecule has 0 aromatic carbocycles. The largest absolute Gasteiger partial charge is 0.494 e. The molecule has 1 N–H and O–H groups in total. The molecule has 0 spiro atoms. The van der Waals surface area contributed by atoms with Crippen molar-refractivity contribution in [1.29, 1.82) is 0 Å². The smallest absolute Gasteiger partial charge is 0.338 e. The molecule has 5 nitrogen and oxygen atoms in total. The van der Waals surface area contributed by atoms with E-state index in [0.717, 1.165) is 0 Å². The second-order valence-corrected chi connectivity index (χ2v) is 5.17. The molecule has 0 amide bonds. The van der Waals surface area contributed by atoms with Crippen LogP contribution in [0.15, 0.2) is 11.8 Å². The molecule has 1 heterocycles. The van der Waals surface area contributed by atoms with E-state index >= 15 is 0 Å². The summed E-state index contributed by atoms with van der Waals surface area (Å²) in [4.78, 5) is 0. The van der Waals surface area contributed by atoms with Crippen LogP contribution in [0.1, 0.15) is 13.8 Å². The summed E-state index contributed by atoms with van der Waals surface area (Å²) in [6, 6.07) is 0. The van der Waals surface area contributed by atoms with Gasteiger partial charge in [-0.1, -0.05) is 0 Å². The van der Waals surface area contributed by atoms with Gasteiger partial charge in [-0.3, -0.25) is 4.57 Å². The number of aliphatic hydroxyl groups is 1. The van der Waals surface area contributed by atoms with Crippen molar-refractivity contribution >= 4 is 7.60 Å². The molecule has 0 aromatic heterocycles. The van der Waals surface area contributed by atoms with Crippen molar-refractivity contribution in [2.24, 2.45) is 0 Å². The summed E-state index contributed by atoms with van der Waals surface area (Å²) in [6.07, 6.45) is 1.01. The van der Waals surface area contributed by atoms with Gasteiger partial charge in [-0.2, -0.15) is 0 Å². The van der Waals surface area contributed by atoms with Gasteiger partial charge < -0.3 is 18.9 Å². The van der Waals surface area contributed by atoms with Crippen LogP contribution in [0.25, 0.3) is 0 Å². The highest BCUT2D eigenvalue weighted by Gasteiger charge is 2.28. The van der Waals surface area contributed by atoms with Crippen molar-refractivity contribution < 1.29 is 23.5 Å². The summed E-state index contributed by atoms with van der Waals surface area (Å²) in [7, 11) is -3.10. The first-order valence-corrected chi connectivity index (χ1v) is 6.72. The number of aliphatic hydroxyl groups excluding tert-OH is 1. The summed E-state index contributed by atoms with van der Waals surface area (Å²) < 4.78 is 27.4. The van der Waals surface area contributed by atoms with Gasteiger partial charge in [0.15, 0.2) is 0 Å². The fraction of sp³-hybridized carbons (Fsp3) is 0.778.